The van der Waals surface area contributed by atoms with E-state index in [9.17, 15) is 17.6 Å². The molecule has 0 saturated carbocycles. The van der Waals surface area contributed by atoms with Crippen LogP contribution >= 0.6 is 0 Å². The summed E-state index contributed by atoms with van der Waals surface area (Å²) in [5, 5.41) is 3.86. The Morgan fingerprint density at radius 1 is 1.21 bits per heavy atom. The van der Waals surface area contributed by atoms with E-state index in [1.165, 1.54) is 22.5 Å². The second-order valence-electron chi connectivity index (χ2n) is 8.65. The smallest absolute Gasteiger partial charge is 0.267 e. The van der Waals surface area contributed by atoms with Gasteiger partial charge in [-0.25, -0.2) is 12.8 Å². The number of nitrogens with zero attached hydrogens (tertiary/aromatic N) is 2. The first-order valence-corrected chi connectivity index (χ1v) is 12.8. The number of benzene rings is 1. The Bertz CT molecular complexity index is 1200. The molecule has 1 aromatic carbocycles. The second-order valence-corrected chi connectivity index (χ2v) is 10.6. The van der Waals surface area contributed by atoms with Crippen LogP contribution in [0, 0.1) is 18.7 Å². The number of fused-ring (bicyclic) bond motifs is 1. The molecule has 0 unspecified atom stereocenters. The SMILES string of the molecule is Cc1cc(F)ccc1S(=O)(=O)N1CCC(CCCCNC(=O)c2cc3cnccc3[nH]2)CC1. The van der Waals surface area contributed by atoms with Crippen LogP contribution in [0.2, 0.25) is 0 Å². The van der Waals surface area contributed by atoms with E-state index < -0.39 is 15.8 Å². The van der Waals surface area contributed by atoms with Gasteiger partial charge in [0.2, 0.25) is 10.0 Å². The topological polar surface area (TPSA) is 95.2 Å². The van der Waals surface area contributed by atoms with Crippen molar-refractivity contribution in [2.24, 2.45) is 5.92 Å². The molecular formula is C24H29FN4O3S. The Morgan fingerprint density at radius 3 is 2.73 bits per heavy atom. The number of aromatic amines is 1. The van der Waals surface area contributed by atoms with E-state index in [1.807, 2.05) is 6.07 Å². The number of carbonyl (C=O) groups excluding carboxylic acids is 1. The number of piperidine rings is 1. The lowest BCUT2D eigenvalue weighted by atomic mass is 9.92. The molecule has 1 aliphatic heterocycles. The molecule has 0 aliphatic carbocycles. The van der Waals surface area contributed by atoms with Crippen LogP contribution in [0.25, 0.3) is 10.9 Å². The molecule has 0 radical (unpaired) electrons. The standard InChI is InChI=1S/C24H29FN4O3S/c1-17-14-20(25)5-6-23(17)33(31,32)29-12-8-18(9-13-29)4-2-3-10-27-24(30)22-15-19-16-26-11-7-21(19)28-22/h5-7,11,14-16,18,28H,2-4,8-10,12-13H2,1H3,(H,27,30). The Hall–Kier alpha value is -2.78. The maximum Gasteiger partial charge on any atom is 0.267 e. The highest BCUT2D eigenvalue weighted by Crippen LogP contribution is 2.28. The van der Waals surface area contributed by atoms with Gasteiger partial charge in [-0.15, -0.1) is 0 Å². The van der Waals surface area contributed by atoms with Crippen molar-refractivity contribution in [3.8, 4) is 0 Å². The molecule has 3 aromatic rings. The molecule has 1 aliphatic rings. The number of sulfonamides is 1. The maximum absolute atomic E-state index is 13.3. The lowest BCUT2D eigenvalue weighted by molar-refractivity contribution is 0.0948. The van der Waals surface area contributed by atoms with E-state index in [2.05, 4.69) is 15.3 Å². The number of H-pyrrole nitrogens is 1. The van der Waals surface area contributed by atoms with Crippen molar-refractivity contribution in [3.63, 3.8) is 0 Å². The predicted molar refractivity (Wildman–Crippen MR) is 125 cm³/mol. The van der Waals surface area contributed by atoms with Crippen molar-refractivity contribution in [1.82, 2.24) is 19.6 Å². The molecule has 176 valence electrons. The van der Waals surface area contributed by atoms with Crippen molar-refractivity contribution >= 4 is 26.8 Å². The average molecular weight is 473 g/mol. The van der Waals surface area contributed by atoms with Crippen molar-refractivity contribution in [2.45, 2.75) is 43.9 Å². The zero-order chi connectivity index (χ0) is 23.4. The van der Waals surface area contributed by atoms with Crippen LogP contribution in [0.3, 0.4) is 0 Å². The third kappa shape index (κ3) is 5.42. The lowest BCUT2D eigenvalue weighted by Crippen LogP contribution is -2.38. The summed E-state index contributed by atoms with van der Waals surface area (Å²) in [7, 11) is -3.60. The first-order valence-electron chi connectivity index (χ1n) is 11.3. The van der Waals surface area contributed by atoms with Gasteiger partial charge in [0, 0.05) is 42.9 Å². The van der Waals surface area contributed by atoms with E-state index in [0.717, 1.165) is 43.0 Å². The zero-order valence-electron chi connectivity index (χ0n) is 18.7. The van der Waals surface area contributed by atoms with Crippen molar-refractivity contribution < 1.29 is 17.6 Å². The third-order valence-corrected chi connectivity index (χ3v) is 8.38. The Balaban J connectivity index is 1.18. The van der Waals surface area contributed by atoms with Crippen molar-refractivity contribution in [1.29, 1.82) is 0 Å². The molecule has 1 fully saturated rings. The lowest BCUT2D eigenvalue weighted by Gasteiger charge is -2.31. The number of carbonyl (C=O) groups is 1. The van der Waals surface area contributed by atoms with Gasteiger partial charge in [-0.3, -0.25) is 9.78 Å². The molecule has 33 heavy (non-hydrogen) atoms. The molecule has 1 amide bonds. The number of rotatable bonds is 8. The second kappa shape index (κ2) is 10.0. The number of amides is 1. The van der Waals surface area contributed by atoms with Crippen LogP contribution in [0.4, 0.5) is 4.39 Å². The highest BCUT2D eigenvalue weighted by Gasteiger charge is 2.30. The molecule has 0 spiro atoms. The molecule has 0 bridgehead atoms. The summed E-state index contributed by atoms with van der Waals surface area (Å²) >= 11 is 0. The highest BCUT2D eigenvalue weighted by molar-refractivity contribution is 7.89. The number of nitrogens with one attached hydrogen (secondary N) is 2. The molecule has 4 rings (SSSR count). The van der Waals surface area contributed by atoms with Crippen molar-refractivity contribution in [2.75, 3.05) is 19.6 Å². The number of hydrogen-bond donors (Lipinski definition) is 2. The van der Waals surface area contributed by atoms with Gasteiger partial charge in [0.25, 0.3) is 5.91 Å². The Morgan fingerprint density at radius 2 is 2.00 bits per heavy atom. The maximum atomic E-state index is 13.3. The minimum absolute atomic E-state index is 0.124. The molecule has 2 aromatic heterocycles. The number of hydrogen-bond acceptors (Lipinski definition) is 4. The van der Waals surface area contributed by atoms with E-state index in [0.29, 0.717) is 36.8 Å². The summed E-state index contributed by atoms with van der Waals surface area (Å²) in [4.78, 5) is 19.7. The van der Waals surface area contributed by atoms with Crippen molar-refractivity contribution in [3.05, 3.63) is 59.8 Å². The summed E-state index contributed by atoms with van der Waals surface area (Å²) in [5.41, 5.74) is 1.85. The Labute approximate surface area is 193 Å². The predicted octanol–water partition coefficient (Wildman–Crippen LogP) is 4.01. The largest absolute Gasteiger partial charge is 0.351 e. The van der Waals surface area contributed by atoms with Crippen LogP contribution < -0.4 is 5.32 Å². The van der Waals surface area contributed by atoms with E-state index in [1.54, 1.807) is 25.4 Å². The van der Waals surface area contributed by atoms with E-state index >= 15 is 0 Å². The number of unbranched alkanes of at least 4 members (excludes halogenated alkanes) is 1. The summed E-state index contributed by atoms with van der Waals surface area (Å²) in [6.07, 6.45) is 7.90. The summed E-state index contributed by atoms with van der Waals surface area (Å²) in [6.45, 7) is 3.19. The summed E-state index contributed by atoms with van der Waals surface area (Å²) < 4.78 is 40.7. The van der Waals surface area contributed by atoms with Crippen LogP contribution in [-0.4, -0.2) is 48.2 Å². The first kappa shape index (κ1) is 23.4. The normalized spacial score (nSPS) is 15.7. The van der Waals surface area contributed by atoms with Gasteiger partial charge >= 0.3 is 0 Å². The van der Waals surface area contributed by atoms with Gasteiger partial charge in [0.15, 0.2) is 0 Å². The quantitative estimate of drug-likeness (QED) is 0.484. The molecular weight excluding hydrogens is 443 g/mol. The third-order valence-electron chi connectivity index (χ3n) is 6.32. The number of pyridine rings is 1. The Kier molecular flexibility index (Phi) is 7.09. The van der Waals surface area contributed by atoms with E-state index in [4.69, 9.17) is 0 Å². The van der Waals surface area contributed by atoms with Crippen LogP contribution in [-0.2, 0) is 10.0 Å². The number of aromatic nitrogens is 2. The van der Waals surface area contributed by atoms with Crippen LogP contribution in [0.1, 0.15) is 48.2 Å². The fourth-order valence-corrected chi connectivity index (χ4v) is 6.10. The highest BCUT2D eigenvalue weighted by atomic mass is 32.2. The number of aryl methyl sites for hydroxylation is 1. The fraction of sp³-hybridized carbons (Fsp3) is 0.417. The molecule has 3 heterocycles. The first-order chi connectivity index (χ1) is 15.8. The van der Waals surface area contributed by atoms with Crippen LogP contribution in [0.5, 0.6) is 0 Å². The fourth-order valence-electron chi connectivity index (χ4n) is 4.43. The summed E-state index contributed by atoms with van der Waals surface area (Å²) in [6, 6.07) is 7.44. The minimum atomic E-state index is -3.60. The monoisotopic (exact) mass is 472 g/mol. The zero-order valence-corrected chi connectivity index (χ0v) is 19.5. The minimum Gasteiger partial charge on any atom is -0.351 e. The molecule has 9 heteroatoms. The van der Waals surface area contributed by atoms with E-state index in [-0.39, 0.29) is 10.8 Å². The molecule has 1 saturated heterocycles. The van der Waals surface area contributed by atoms with Gasteiger partial charge in [-0.1, -0.05) is 12.8 Å². The van der Waals surface area contributed by atoms with Gasteiger partial charge in [0.05, 0.1) is 4.90 Å². The number of halogens is 1. The summed E-state index contributed by atoms with van der Waals surface area (Å²) in [5.74, 6) is -0.0801. The average Bonchev–Trinajstić information content (AvgIpc) is 3.23. The molecule has 0 atom stereocenters. The van der Waals surface area contributed by atoms with Crippen LogP contribution in [0.15, 0.2) is 47.6 Å². The van der Waals surface area contributed by atoms with Gasteiger partial charge < -0.3 is 10.3 Å². The van der Waals surface area contributed by atoms with Gasteiger partial charge in [-0.2, -0.15) is 4.31 Å². The van der Waals surface area contributed by atoms with Gasteiger partial charge in [-0.05, 0) is 68.0 Å². The molecule has 7 nitrogen and oxygen atoms in total. The van der Waals surface area contributed by atoms with Gasteiger partial charge in [0.1, 0.15) is 11.5 Å². The molecule has 2 N–H and O–H groups in total.